The van der Waals surface area contributed by atoms with Crippen LogP contribution < -0.4 is 10.5 Å². The molecule has 1 aromatic heterocycles. The third-order valence-corrected chi connectivity index (χ3v) is 6.16. The molecule has 7 heteroatoms. The van der Waals surface area contributed by atoms with Gasteiger partial charge in [-0.25, -0.2) is 13.1 Å². The highest BCUT2D eigenvalue weighted by molar-refractivity contribution is 7.99. The Labute approximate surface area is 104 Å². The van der Waals surface area contributed by atoms with Gasteiger partial charge in [0, 0.05) is 28.6 Å². The molecule has 1 fully saturated rings. The molecular formula is C9H14N2O2S3. The van der Waals surface area contributed by atoms with Crippen molar-refractivity contribution < 1.29 is 8.42 Å². The molecule has 2 rings (SSSR count). The van der Waals surface area contributed by atoms with Gasteiger partial charge in [0.2, 0.25) is 10.0 Å². The van der Waals surface area contributed by atoms with Gasteiger partial charge in [0.15, 0.2) is 0 Å². The minimum Gasteiger partial charge on any atom is -0.326 e. The maximum Gasteiger partial charge on any atom is 0.241 e. The van der Waals surface area contributed by atoms with E-state index in [0.717, 1.165) is 22.8 Å². The van der Waals surface area contributed by atoms with Gasteiger partial charge in [-0.1, -0.05) is 0 Å². The number of hydrogen-bond acceptors (Lipinski definition) is 5. The zero-order valence-corrected chi connectivity index (χ0v) is 11.1. The first-order chi connectivity index (χ1) is 7.62. The van der Waals surface area contributed by atoms with E-state index in [1.807, 2.05) is 0 Å². The van der Waals surface area contributed by atoms with Crippen LogP contribution in [0.3, 0.4) is 0 Å². The van der Waals surface area contributed by atoms with Crippen LogP contribution in [-0.2, 0) is 16.6 Å². The second kappa shape index (κ2) is 5.05. The maximum absolute atomic E-state index is 12.0. The molecule has 0 spiro atoms. The fourth-order valence-electron chi connectivity index (χ4n) is 1.52. The molecule has 0 saturated carbocycles. The summed E-state index contributed by atoms with van der Waals surface area (Å²) in [6, 6.07) is 1.73. The van der Waals surface area contributed by atoms with E-state index < -0.39 is 10.0 Å². The lowest BCUT2D eigenvalue weighted by Gasteiger charge is -2.10. The van der Waals surface area contributed by atoms with Crippen molar-refractivity contribution >= 4 is 33.1 Å². The van der Waals surface area contributed by atoms with Crippen molar-refractivity contribution in [2.24, 2.45) is 5.73 Å². The van der Waals surface area contributed by atoms with Crippen LogP contribution in [0.1, 0.15) is 11.3 Å². The largest absolute Gasteiger partial charge is 0.326 e. The molecule has 3 N–H and O–H groups in total. The van der Waals surface area contributed by atoms with Crippen LogP contribution >= 0.6 is 23.1 Å². The fourth-order valence-corrected chi connectivity index (χ4v) is 5.21. The molecule has 2 heterocycles. The van der Waals surface area contributed by atoms with Crippen molar-refractivity contribution in [1.82, 2.24) is 4.72 Å². The summed E-state index contributed by atoms with van der Waals surface area (Å²) < 4.78 is 26.7. The van der Waals surface area contributed by atoms with Gasteiger partial charge >= 0.3 is 0 Å². The van der Waals surface area contributed by atoms with Crippen LogP contribution in [0.25, 0.3) is 0 Å². The van der Waals surface area contributed by atoms with Crippen molar-refractivity contribution in [2.75, 3.05) is 11.5 Å². The first kappa shape index (κ1) is 12.4. The minimum atomic E-state index is -3.34. The van der Waals surface area contributed by atoms with Gasteiger partial charge in [0.25, 0.3) is 0 Å². The molecule has 4 nitrogen and oxygen atoms in total. The van der Waals surface area contributed by atoms with Crippen molar-refractivity contribution in [1.29, 1.82) is 0 Å². The average Bonchev–Trinajstić information content (AvgIpc) is 2.85. The van der Waals surface area contributed by atoms with E-state index in [1.165, 1.54) is 11.3 Å². The number of thioether (sulfide) groups is 1. The summed E-state index contributed by atoms with van der Waals surface area (Å²) in [7, 11) is -3.34. The molecule has 1 atom stereocenters. The van der Waals surface area contributed by atoms with E-state index in [2.05, 4.69) is 4.72 Å². The molecule has 0 aromatic carbocycles. The Kier molecular flexibility index (Phi) is 3.91. The lowest BCUT2D eigenvalue weighted by Crippen LogP contribution is -2.34. The highest BCUT2D eigenvalue weighted by atomic mass is 32.2. The SMILES string of the molecule is NCc1cc(S(=O)(=O)NC2CCSC2)cs1. The Morgan fingerprint density at radius 3 is 2.94 bits per heavy atom. The number of nitrogens with two attached hydrogens (primary N) is 1. The van der Waals surface area contributed by atoms with Gasteiger partial charge < -0.3 is 5.73 Å². The van der Waals surface area contributed by atoms with Gasteiger partial charge in [-0.3, -0.25) is 0 Å². The van der Waals surface area contributed by atoms with Gasteiger partial charge in [0.05, 0.1) is 4.90 Å². The number of hydrogen-bond donors (Lipinski definition) is 2. The Balaban J connectivity index is 2.11. The predicted molar refractivity (Wildman–Crippen MR) is 68.3 cm³/mol. The number of rotatable bonds is 4. The molecule has 0 radical (unpaired) electrons. The third-order valence-electron chi connectivity index (χ3n) is 2.39. The second-order valence-corrected chi connectivity index (χ2v) is 7.49. The zero-order valence-electron chi connectivity index (χ0n) is 8.68. The maximum atomic E-state index is 12.0. The molecule has 1 saturated heterocycles. The monoisotopic (exact) mass is 278 g/mol. The smallest absolute Gasteiger partial charge is 0.241 e. The van der Waals surface area contributed by atoms with Gasteiger partial charge in [-0.05, 0) is 18.2 Å². The van der Waals surface area contributed by atoms with Gasteiger partial charge in [0.1, 0.15) is 0 Å². The molecule has 16 heavy (non-hydrogen) atoms. The number of sulfonamides is 1. The lowest BCUT2D eigenvalue weighted by atomic mass is 10.3. The zero-order chi connectivity index (χ0) is 11.6. The summed E-state index contributed by atoms with van der Waals surface area (Å²) in [5.41, 5.74) is 5.46. The quantitative estimate of drug-likeness (QED) is 0.861. The van der Waals surface area contributed by atoms with E-state index in [1.54, 1.807) is 23.2 Å². The summed E-state index contributed by atoms with van der Waals surface area (Å²) in [5, 5.41) is 1.65. The first-order valence-electron chi connectivity index (χ1n) is 4.99. The first-order valence-corrected chi connectivity index (χ1v) is 8.51. The van der Waals surface area contributed by atoms with E-state index >= 15 is 0 Å². The van der Waals surface area contributed by atoms with Crippen molar-refractivity contribution in [2.45, 2.75) is 23.9 Å². The van der Waals surface area contributed by atoms with E-state index in [-0.39, 0.29) is 6.04 Å². The summed E-state index contributed by atoms with van der Waals surface area (Å²) in [6.07, 6.45) is 0.914. The van der Waals surface area contributed by atoms with Gasteiger partial charge in [-0.15, -0.1) is 11.3 Å². The molecule has 1 aliphatic rings. The summed E-state index contributed by atoms with van der Waals surface area (Å²) >= 11 is 3.17. The highest BCUT2D eigenvalue weighted by Gasteiger charge is 2.23. The van der Waals surface area contributed by atoms with Crippen LogP contribution in [0.4, 0.5) is 0 Å². The highest BCUT2D eigenvalue weighted by Crippen LogP contribution is 2.22. The van der Waals surface area contributed by atoms with Crippen molar-refractivity contribution in [3.05, 3.63) is 16.3 Å². The summed E-state index contributed by atoms with van der Waals surface area (Å²) in [6.45, 7) is 0.388. The molecule has 1 unspecified atom stereocenters. The Hall–Kier alpha value is -0.0800. The van der Waals surface area contributed by atoms with Crippen LogP contribution in [-0.4, -0.2) is 26.0 Å². The average molecular weight is 278 g/mol. The van der Waals surface area contributed by atoms with E-state index in [9.17, 15) is 8.42 Å². The third kappa shape index (κ3) is 2.78. The molecule has 0 amide bonds. The van der Waals surface area contributed by atoms with Crippen LogP contribution in [0.15, 0.2) is 16.3 Å². The Morgan fingerprint density at radius 1 is 1.56 bits per heavy atom. The topological polar surface area (TPSA) is 72.2 Å². The standard InChI is InChI=1S/C9H14N2O2S3/c10-4-8-3-9(6-15-8)16(12,13)11-7-1-2-14-5-7/h3,6-7,11H,1-2,4-5,10H2. The van der Waals surface area contributed by atoms with Crippen molar-refractivity contribution in [3.8, 4) is 0 Å². The van der Waals surface area contributed by atoms with E-state index in [4.69, 9.17) is 5.73 Å². The molecule has 0 aliphatic carbocycles. The lowest BCUT2D eigenvalue weighted by molar-refractivity contribution is 0.563. The summed E-state index contributed by atoms with van der Waals surface area (Å²) in [4.78, 5) is 1.23. The van der Waals surface area contributed by atoms with Gasteiger partial charge in [-0.2, -0.15) is 11.8 Å². The summed E-state index contributed by atoms with van der Waals surface area (Å²) in [5.74, 6) is 1.90. The predicted octanol–water partition coefficient (Wildman–Crippen LogP) is 0.991. The fraction of sp³-hybridized carbons (Fsp3) is 0.556. The molecule has 1 aromatic rings. The molecule has 0 bridgehead atoms. The van der Waals surface area contributed by atoms with Crippen LogP contribution in [0.2, 0.25) is 0 Å². The van der Waals surface area contributed by atoms with E-state index in [0.29, 0.717) is 11.4 Å². The molecule has 1 aliphatic heterocycles. The second-order valence-electron chi connectivity index (χ2n) is 3.63. The number of nitrogens with one attached hydrogen (secondary N) is 1. The van der Waals surface area contributed by atoms with Crippen LogP contribution in [0, 0.1) is 0 Å². The number of thiophene rings is 1. The Morgan fingerprint density at radius 2 is 2.38 bits per heavy atom. The molecular weight excluding hydrogens is 264 g/mol. The minimum absolute atomic E-state index is 0.0798. The van der Waals surface area contributed by atoms with Crippen LogP contribution in [0.5, 0.6) is 0 Å². The van der Waals surface area contributed by atoms with Crippen molar-refractivity contribution in [3.63, 3.8) is 0 Å². The Bertz CT molecular complexity index is 449. The molecule has 90 valence electrons. The normalized spacial score (nSPS) is 21.4.